The second-order valence-electron chi connectivity index (χ2n) is 5.17. The molecule has 0 radical (unpaired) electrons. The van der Waals surface area contributed by atoms with Gasteiger partial charge in [-0.3, -0.25) is 4.79 Å². The van der Waals surface area contributed by atoms with Crippen LogP contribution in [-0.4, -0.2) is 5.91 Å². The number of anilines is 1. The van der Waals surface area contributed by atoms with Gasteiger partial charge < -0.3 is 5.32 Å². The first-order valence-corrected chi connectivity index (χ1v) is 6.92. The summed E-state index contributed by atoms with van der Waals surface area (Å²) in [7, 11) is 0. The van der Waals surface area contributed by atoms with Crippen molar-refractivity contribution in [3.8, 4) is 0 Å². The standard InChI is InChI=1S/C16H12ClF2NO/c17-13-9-12(5-6-14(13)19)20-15(21)16(7-8-16)10-1-3-11(18)4-2-10/h1-6,9H,7-8H2,(H,20,21). The summed E-state index contributed by atoms with van der Waals surface area (Å²) in [6.45, 7) is 0. The number of carbonyl (C=O) groups is 1. The summed E-state index contributed by atoms with van der Waals surface area (Å²) in [6.07, 6.45) is 1.42. The third-order valence-corrected chi connectivity index (χ3v) is 4.05. The SMILES string of the molecule is O=C(Nc1ccc(F)c(Cl)c1)C1(c2ccc(F)cc2)CC1. The maximum Gasteiger partial charge on any atom is 0.235 e. The van der Waals surface area contributed by atoms with Crippen LogP contribution in [0.2, 0.25) is 5.02 Å². The van der Waals surface area contributed by atoms with E-state index in [2.05, 4.69) is 5.32 Å². The van der Waals surface area contributed by atoms with Gasteiger partial charge in [-0.2, -0.15) is 0 Å². The van der Waals surface area contributed by atoms with Gasteiger partial charge in [0.15, 0.2) is 0 Å². The summed E-state index contributed by atoms with van der Waals surface area (Å²) in [4.78, 5) is 12.4. The average Bonchev–Trinajstić information content (AvgIpc) is 3.25. The van der Waals surface area contributed by atoms with Crippen LogP contribution < -0.4 is 5.32 Å². The molecule has 0 atom stereocenters. The van der Waals surface area contributed by atoms with E-state index in [9.17, 15) is 13.6 Å². The van der Waals surface area contributed by atoms with Crippen molar-refractivity contribution in [2.75, 3.05) is 5.32 Å². The monoisotopic (exact) mass is 307 g/mol. The Labute approximate surface area is 125 Å². The van der Waals surface area contributed by atoms with E-state index >= 15 is 0 Å². The summed E-state index contributed by atoms with van der Waals surface area (Å²) in [5, 5.41) is 2.70. The Morgan fingerprint density at radius 1 is 1.10 bits per heavy atom. The Morgan fingerprint density at radius 3 is 2.33 bits per heavy atom. The molecule has 0 saturated heterocycles. The zero-order valence-electron chi connectivity index (χ0n) is 11.0. The van der Waals surface area contributed by atoms with Crippen molar-refractivity contribution in [3.05, 3.63) is 64.7 Å². The Kier molecular flexibility index (Phi) is 3.41. The number of nitrogens with one attached hydrogen (secondary N) is 1. The highest BCUT2D eigenvalue weighted by Gasteiger charge is 2.51. The van der Waals surface area contributed by atoms with Gasteiger partial charge in [-0.05, 0) is 48.7 Å². The number of amides is 1. The minimum atomic E-state index is -0.617. The smallest absolute Gasteiger partial charge is 0.235 e. The maximum absolute atomic E-state index is 13.1. The lowest BCUT2D eigenvalue weighted by molar-refractivity contribution is -0.118. The molecule has 3 rings (SSSR count). The highest BCUT2D eigenvalue weighted by molar-refractivity contribution is 6.31. The quantitative estimate of drug-likeness (QED) is 0.900. The summed E-state index contributed by atoms with van der Waals surface area (Å²) in [5.41, 5.74) is 0.614. The fourth-order valence-electron chi connectivity index (χ4n) is 2.37. The Balaban J connectivity index is 1.81. The summed E-state index contributed by atoms with van der Waals surface area (Å²) < 4.78 is 26.1. The van der Waals surface area contributed by atoms with Crippen LogP contribution in [0, 0.1) is 11.6 Å². The molecule has 0 bridgehead atoms. The van der Waals surface area contributed by atoms with Crippen LogP contribution >= 0.6 is 11.6 Å². The largest absolute Gasteiger partial charge is 0.325 e. The van der Waals surface area contributed by atoms with E-state index in [1.807, 2.05) is 0 Å². The van der Waals surface area contributed by atoms with Gasteiger partial charge in [0.2, 0.25) is 5.91 Å². The third-order valence-electron chi connectivity index (χ3n) is 3.76. The van der Waals surface area contributed by atoms with Crippen molar-refractivity contribution < 1.29 is 13.6 Å². The lowest BCUT2D eigenvalue weighted by Crippen LogP contribution is -2.27. The topological polar surface area (TPSA) is 29.1 Å². The van der Waals surface area contributed by atoms with Gasteiger partial charge in [-0.1, -0.05) is 23.7 Å². The van der Waals surface area contributed by atoms with E-state index in [4.69, 9.17) is 11.6 Å². The highest BCUT2D eigenvalue weighted by Crippen LogP contribution is 2.49. The number of hydrogen-bond donors (Lipinski definition) is 1. The number of benzene rings is 2. The molecule has 1 aliphatic rings. The average molecular weight is 308 g/mol. The maximum atomic E-state index is 13.1. The molecule has 1 fully saturated rings. The van der Waals surface area contributed by atoms with Crippen LogP contribution in [0.5, 0.6) is 0 Å². The zero-order valence-corrected chi connectivity index (χ0v) is 11.8. The molecule has 2 nitrogen and oxygen atoms in total. The first-order chi connectivity index (χ1) is 10.0. The van der Waals surface area contributed by atoms with Gasteiger partial charge in [0.25, 0.3) is 0 Å². The summed E-state index contributed by atoms with van der Waals surface area (Å²) in [5.74, 6) is -1.05. The summed E-state index contributed by atoms with van der Waals surface area (Å²) in [6, 6.07) is 9.97. The molecular weight excluding hydrogens is 296 g/mol. The molecular formula is C16H12ClF2NO. The van der Waals surface area contributed by atoms with Crippen molar-refractivity contribution in [2.24, 2.45) is 0 Å². The Morgan fingerprint density at radius 2 is 1.76 bits per heavy atom. The lowest BCUT2D eigenvalue weighted by atomic mass is 9.95. The normalized spacial score (nSPS) is 15.6. The van der Waals surface area contributed by atoms with Gasteiger partial charge in [-0.25, -0.2) is 8.78 Å². The molecule has 0 heterocycles. The molecule has 108 valence electrons. The number of rotatable bonds is 3. The molecule has 1 saturated carbocycles. The van der Waals surface area contributed by atoms with Gasteiger partial charge >= 0.3 is 0 Å². The van der Waals surface area contributed by atoms with Crippen LogP contribution in [0.1, 0.15) is 18.4 Å². The molecule has 1 aliphatic carbocycles. The lowest BCUT2D eigenvalue weighted by Gasteiger charge is -2.16. The molecule has 0 unspecified atom stereocenters. The van der Waals surface area contributed by atoms with E-state index in [1.54, 1.807) is 12.1 Å². The van der Waals surface area contributed by atoms with Crippen molar-refractivity contribution in [1.29, 1.82) is 0 Å². The molecule has 1 amide bonds. The number of hydrogen-bond acceptors (Lipinski definition) is 1. The van der Waals surface area contributed by atoms with Gasteiger partial charge in [-0.15, -0.1) is 0 Å². The predicted molar refractivity (Wildman–Crippen MR) is 77.4 cm³/mol. The molecule has 0 aromatic heterocycles. The molecule has 0 aliphatic heterocycles. The van der Waals surface area contributed by atoms with Crippen molar-refractivity contribution >= 4 is 23.2 Å². The van der Waals surface area contributed by atoms with E-state index in [-0.39, 0.29) is 16.7 Å². The van der Waals surface area contributed by atoms with Crippen LogP contribution in [0.3, 0.4) is 0 Å². The fraction of sp³-hybridized carbons (Fsp3) is 0.188. The molecule has 5 heteroatoms. The minimum absolute atomic E-state index is 0.0422. The summed E-state index contributed by atoms with van der Waals surface area (Å²) >= 11 is 5.69. The minimum Gasteiger partial charge on any atom is -0.325 e. The van der Waals surface area contributed by atoms with Crippen LogP contribution in [0.25, 0.3) is 0 Å². The molecule has 1 N–H and O–H groups in total. The first-order valence-electron chi connectivity index (χ1n) is 6.54. The molecule has 2 aromatic rings. The van der Waals surface area contributed by atoms with Gasteiger partial charge in [0, 0.05) is 5.69 Å². The zero-order chi connectivity index (χ0) is 15.0. The molecule has 21 heavy (non-hydrogen) atoms. The highest BCUT2D eigenvalue weighted by atomic mass is 35.5. The van der Waals surface area contributed by atoms with E-state index in [1.165, 1.54) is 30.3 Å². The third kappa shape index (κ3) is 2.63. The van der Waals surface area contributed by atoms with Crippen molar-refractivity contribution in [1.82, 2.24) is 0 Å². The van der Waals surface area contributed by atoms with Crippen LogP contribution in [-0.2, 0) is 10.2 Å². The molecule has 0 spiro atoms. The fourth-order valence-corrected chi connectivity index (χ4v) is 2.55. The van der Waals surface area contributed by atoms with Crippen molar-refractivity contribution in [3.63, 3.8) is 0 Å². The number of halogens is 3. The van der Waals surface area contributed by atoms with Crippen molar-refractivity contribution in [2.45, 2.75) is 18.3 Å². The second-order valence-corrected chi connectivity index (χ2v) is 5.58. The van der Waals surface area contributed by atoms with Gasteiger partial charge in [0.1, 0.15) is 11.6 Å². The molecule has 2 aromatic carbocycles. The van der Waals surface area contributed by atoms with Crippen LogP contribution in [0.15, 0.2) is 42.5 Å². The Bertz CT molecular complexity index is 696. The van der Waals surface area contributed by atoms with E-state index < -0.39 is 11.2 Å². The van der Waals surface area contributed by atoms with Crippen LogP contribution in [0.4, 0.5) is 14.5 Å². The van der Waals surface area contributed by atoms with Gasteiger partial charge in [0.05, 0.1) is 10.4 Å². The first kappa shape index (κ1) is 14.0. The van der Waals surface area contributed by atoms with E-state index in [0.29, 0.717) is 18.5 Å². The second kappa shape index (κ2) is 5.11. The Hall–Kier alpha value is -1.94. The number of carbonyl (C=O) groups excluding carboxylic acids is 1. The van der Waals surface area contributed by atoms with E-state index in [0.717, 1.165) is 5.56 Å². The predicted octanol–water partition coefficient (Wildman–Crippen LogP) is 4.29.